The van der Waals surface area contributed by atoms with Crippen LogP contribution in [-0.2, 0) is 0 Å². The molecule has 1 N–H and O–H groups in total. The molecule has 0 saturated carbocycles. The molecule has 0 aromatic heterocycles. The number of hydrogen-bond donors (Lipinski definition) is 1. The van der Waals surface area contributed by atoms with Crippen LogP contribution in [0.3, 0.4) is 0 Å². The number of aromatic carboxylic acids is 1. The Balaban J connectivity index is 3.09. The molecule has 1 unspecified atom stereocenters. The Bertz CT molecular complexity index is 450. The summed E-state index contributed by atoms with van der Waals surface area (Å²) in [5, 5.41) is 17.8. The first-order valence-corrected chi connectivity index (χ1v) is 5.10. The number of hydrogen-bond acceptors (Lipinski definition) is 4. The van der Waals surface area contributed by atoms with Gasteiger partial charge in [0, 0.05) is 6.07 Å². The molecule has 0 aliphatic carbocycles. The number of carbonyl (C=O) groups is 1. The monoisotopic (exact) mass is 235 g/mol. The lowest BCUT2D eigenvalue weighted by molar-refractivity contribution is 0.0690. The average Bonchev–Trinajstić information content (AvgIpc) is 2.35. The molecule has 5 nitrogen and oxygen atoms in total. The van der Waals surface area contributed by atoms with Gasteiger partial charge in [-0.15, -0.1) is 0 Å². The summed E-state index contributed by atoms with van der Waals surface area (Å²) in [6.45, 7) is 1.79. The van der Waals surface area contributed by atoms with Crippen molar-refractivity contribution in [1.82, 2.24) is 0 Å². The number of benzene rings is 1. The summed E-state index contributed by atoms with van der Waals surface area (Å²) in [6.07, 6.45) is -0.188. The first-order valence-electron chi connectivity index (χ1n) is 5.10. The first kappa shape index (κ1) is 12.8. The van der Waals surface area contributed by atoms with E-state index < -0.39 is 12.1 Å². The summed E-state index contributed by atoms with van der Waals surface area (Å²) < 4.78 is 10.3. The van der Waals surface area contributed by atoms with Crippen LogP contribution in [0, 0.1) is 11.3 Å². The predicted octanol–water partition coefficient (Wildman–Crippen LogP) is 2.07. The van der Waals surface area contributed by atoms with Gasteiger partial charge in [-0.05, 0) is 18.6 Å². The third-order valence-corrected chi connectivity index (χ3v) is 2.20. The smallest absolute Gasteiger partial charge is 0.339 e. The van der Waals surface area contributed by atoms with Gasteiger partial charge in [0.2, 0.25) is 0 Å². The van der Waals surface area contributed by atoms with Gasteiger partial charge in [-0.1, -0.05) is 6.92 Å². The van der Waals surface area contributed by atoms with Crippen molar-refractivity contribution in [1.29, 1.82) is 5.26 Å². The third kappa shape index (κ3) is 3.11. The second-order valence-electron chi connectivity index (χ2n) is 3.31. The van der Waals surface area contributed by atoms with Gasteiger partial charge in [-0.2, -0.15) is 5.26 Å². The molecular formula is C12H13NO4. The van der Waals surface area contributed by atoms with E-state index in [9.17, 15) is 4.79 Å². The highest BCUT2D eigenvalue weighted by Crippen LogP contribution is 2.26. The topological polar surface area (TPSA) is 79.5 Å². The molecule has 0 aliphatic rings. The minimum atomic E-state index is -1.10. The van der Waals surface area contributed by atoms with Gasteiger partial charge >= 0.3 is 5.97 Å². The molecule has 1 rings (SSSR count). The fourth-order valence-corrected chi connectivity index (χ4v) is 1.26. The molecule has 1 atom stereocenters. The summed E-state index contributed by atoms with van der Waals surface area (Å²) in [7, 11) is 1.47. The molecule has 0 aliphatic heterocycles. The van der Waals surface area contributed by atoms with E-state index >= 15 is 0 Å². The molecule has 0 amide bonds. The minimum absolute atomic E-state index is 0.0134. The molecule has 0 spiro atoms. The molecule has 1 aromatic carbocycles. The van der Waals surface area contributed by atoms with E-state index in [4.69, 9.17) is 19.8 Å². The van der Waals surface area contributed by atoms with E-state index in [-0.39, 0.29) is 11.3 Å². The van der Waals surface area contributed by atoms with Gasteiger partial charge in [0.05, 0.1) is 7.11 Å². The van der Waals surface area contributed by atoms with Crippen molar-refractivity contribution in [3.63, 3.8) is 0 Å². The van der Waals surface area contributed by atoms with Crippen molar-refractivity contribution in [2.75, 3.05) is 7.11 Å². The van der Waals surface area contributed by atoms with Crippen LogP contribution in [0.5, 0.6) is 11.5 Å². The number of methoxy groups -OCH3 is 1. The van der Waals surface area contributed by atoms with Crippen molar-refractivity contribution in [3.8, 4) is 17.6 Å². The third-order valence-electron chi connectivity index (χ3n) is 2.20. The highest BCUT2D eigenvalue weighted by Gasteiger charge is 2.15. The van der Waals surface area contributed by atoms with E-state index in [2.05, 4.69) is 0 Å². The SMILES string of the molecule is CCC(C#N)Oc1cc(OC)ccc1C(=O)O. The first-order chi connectivity index (χ1) is 8.12. The zero-order valence-corrected chi connectivity index (χ0v) is 9.64. The molecule has 1 aromatic rings. The average molecular weight is 235 g/mol. The molecule has 0 fully saturated rings. The van der Waals surface area contributed by atoms with Crippen molar-refractivity contribution in [2.45, 2.75) is 19.4 Å². The van der Waals surface area contributed by atoms with Gasteiger partial charge in [0.1, 0.15) is 23.1 Å². The lowest BCUT2D eigenvalue weighted by Gasteiger charge is -2.13. The lowest BCUT2D eigenvalue weighted by atomic mass is 10.2. The van der Waals surface area contributed by atoms with Crippen LogP contribution in [0.2, 0.25) is 0 Å². The lowest BCUT2D eigenvalue weighted by Crippen LogP contribution is -2.14. The standard InChI is InChI=1S/C12H13NO4/c1-3-8(7-13)17-11-6-9(16-2)4-5-10(11)12(14)15/h4-6,8H,3H2,1-2H3,(H,14,15). The summed E-state index contributed by atoms with van der Waals surface area (Å²) in [5.74, 6) is -0.474. The molecule has 5 heteroatoms. The van der Waals surface area contributed by atoms with E-state index in [0.717, 1.165) is 0 Å². The molecular weight excluding hydrogens is 222 g/mol. The van der Waals surface area contributed by atoms with Gasteiger partial charge in [-0.3, -0.25) is 0 Å². The number of rotatable bonds is 5. The van der Waals surface area contributed by atoms with E-state index in [0.29, 0.717) is 12.2 Å². The van der Waals surface area contributed by atoms with E-state index in [1.54, 1.807) is 6.92 Å². The fourth-order valence-electron chi connectivity index (χ4n) is 1.26. The Labute approximate surface area is 99.2 Å². The van der Waals surface area contributed by atoms with E-state index in [1.807, 2.05) is 6.07 Å². The Hall–Kier alpha value is -2.22. The molecule has 0 radical (unpaired) electrons. The van der Waals surface area contributed by atoms with Crippen molar-refractivity contribution < 1.29 is 19.4 Å². The molecule has 17 heavy (non-hydrogen) atoms. The fraction of sp³-hybridized carbons (Fsp3) is 0.333. The number of nitriles is 1. The number of carboxylic acid groups (broad SMARTS) is 1. The summed E-state index contributed by atoms with van der Waals surface area (Å²) in [4.78, 5) is 11.0. The maximum atomic E-state index is 11.0. The van der Waals surface area contributed by atoms with Crippen LogP contribution in [-0.4, -0.2) is 24.3 Å². The Kier molecular flexibility index (Phi) is 4.35. The predicted molar refractivity (Wildman–Crippen MR) is 60.3 cm³/mol. The number of ether oxygens (including phenoxy) is 2. The van der Waals surface area contributed by atoms with Crippen molar-refractivity contribution in [3.05, 3.63) is 23.8 Å². The largest absolute Gasteiger partial charge is 0.497 e. The van der Waals surface area contributed by atoms with Gasteiger partial charge < -0.3 is 14.6 Å². The van der Waals surface area contributed by atoms with Gasteiger partial charge in [0.25, 0.3) is 0 Å². The Morgan fingerprint density at radius 3 is 2.76 bits per heavy atom. The minimum Gasteiger partial charge on any atom is -0.497 e. The molecule has 0 heterocycles. The van der Waals surface area contributed by atoms with Crippen LogP contribution in [0.25, 0.3) is 0 Å². The van der Waals surface area contributed by atoms with E-state index in [1.165, 1.54) is 25.3 Å². The second kappa shape index (κ2) is 5.75. The van der Waals surface area contributed by atoms with Crippen LogP contribution in [0.15, 0.2) is 18.2 Å². The maximum Gasteiger partial charge on any atom is 0.339 e. The molecule has 0 saturated heterocycles. The highest BCUT2D eigenvalue weighted by atomic mass is 16.5. The second-order valence-corrected chi connectivity index (χ2v) is 3.31. The van der Waals surface area contributed by atoms with Crippen molar-refractivity contribution in [2.24, 2.45) is 0 Å². The number of nitrogens with zero attached hydrogens (tertiary/aromatic N) is 1. The van der Waals surface area contributed by atoms with Crippen LogP contribution >= 0.6 is 0 Å². The molecule has 0 bridgehead atoms. The van der Waals surface area contributed by atoms with Crippen LogP contribution < -0.4 is 9.47 Å². The van der Waals surface area contributed by atoms with Crippen LogP contribution in [0.4, 0.5) is 0 Å². The Morgan fingerprint density at radius 1 is 1.59 bits per heavy atom. The quantitative estimate of drug-likeness (QED) is 0.845. The Morgan fingerprint density at radius 2 is 2.29 bits per heavy atom. The summed E-state index contributed by atoms with van der Waals surface area (Å²) >= 11 is 0. The van der Waals surface area contributed by atoms with Crippen molar-refractivity contribution >= 4 is 5.97 Å². The highest BCUT2D eigenvalue weighted by molar-refractivity contribution is 5.91. The van der Waals surface area contributed by atoms with Gasteiger partial charge in [0.15, 0.2) is 6.10 Å². The molecule has 90 valence electrons. The summed E-state index contributed by atoms with van der Waals surface area (Å²) in [5.41, 5.74) is 0.0134. The van der Waals surface area contributed by atoms with Crippen LogP contribution in [0.1, 0.15) is 23.7 Å². The number of carboxylic acids is 1. The normalized spacial score (nSPS) is 11.4. The maximum absolute atomic E-state index is 11.0. The summed E-state index contributed by atoms with van der Waals surface area (Å²) in [6, 6.07) is 6.33. The zero-order valence-electron chi connectivity index (χ0n) is 9.64. The zero-order chi connectivity index (χ0) is 12.8. The van der Waals surface area contributed by atoms with Gasteiger partial charge in [-0.25, -0.2) is 4.79 Å².